The zero-order valence-corrected chi connectivity index (χ0v) is 35.6. The van der Waals surface area contributed by atoms with Gasteiger partial charge in [-0.25, -0.2) is 9.78 Å². The number of aromatic nitrogens is 4. The molecule has 0 unspecified atom stereocenters. The zero-order chi connectivity index (χ0) is 37.3. The Morgan fingerprint density at radius 1 is 1.04 bits per heavy atom. The maximum atomic E-state index is 13.1. The van der Waals surface area contributed by atoms with Crippen molar-refractivity contribution >= 4 is 49.6 Å². The molecule has 0 aromatic carbocycles. The van der Waals surface area contributed by atoms with Crippen molar-refractivity contribution in [2.24, 2.45) is 0 Å². The predicted molar refractivity (Wildman–Crippen MR) is 211 cm³/mol. The van der Waals surface area contributed by atoms with E-state index in [1.54, 1.807) is 29.6 Å². The van der Waals surface area contributed by atoms with Crippen LogP contribution in [0.15, 0.2) is 41.3 Å². The summed E-state index contributed by atoms with van der Waals surface area (Å²) in [5.74, 6) is 0.780. The Morgan fingerprint density at radius 2 is 1.66 bits per heavy atom. The Hall–Kier alpha value is -2.63. The third kappa shape index (κ3) is 12.9. The van der Waals surface area contributed by atoms with Gasteiger partial charge in [0, 0.05) is 58.9 Å². The lowest BCUT2D eigenvalue weighted by Gasteiger charge is -2.30. The predicted octanol–water partition coefficient (Wildman–Crippen LogP) is 8.57. The number of aliphatic hydroxyl groups excluding tert-OH is 1. The van der Waals surface area contributed by atoms with Crippen molar-refractivity contribution in [2.45, 2.75) is 117 Å². The van der Waals surface area contributed by atoms with E-state index in [2.05, 4.69) is 65.1 Å². The first kappa shape index (κ1) is 41.8. The largest absolute Gasteiger partial charge is 0.443 e. The summed E-state index contributed by atoms with van der Waals surface area (Å²) < 4.78 is 21.0. The van der Waals surface area contributed by atoms with Crippen molar-refractivity contribution < 1.29 is 24.1 Å². The number of rotatable bonds is 18. The maximum absolute atomic E-state index is 13.1. The lowest BCUT2D eigenvalue weighted by atomic mass is 10.1. The second-order valence-electron chi connectivity index (χ2n) is 16.2. The van der Waals surface area contributed by atoms with Crippen molar-refractivity contribution in [3.05, 3.63) is 52.7 Å². The number of aryl methyl sites for hydroxylation is 1. The molecule has 14 heteroatoms. The number of aliphatic hydroxyl groups is 1. The highest BCUT2D eigenvalue weighted by molar-refractivity contribution is 9.10. The highest BCUT2D eigenvalue weighted by atomic mass is 79.9. The molecule has 1 N–H and O–H groups in total. The smallest absolute Gasteiger partial charge is 0.414 e. The molecule has 0 bridgehead atoms. The van der Waals surface area contributed by atoms with Gasteiger partial charge in [-0.15, -0.1) is 0 Å². The summed E-state index contributed by atoms with van der Waals surface area (Å²) in [5.41, 5.74) is 3.11. The van der Waals surface area contributed by atoms with Gasteiger partial charge >= 0.3 is 6.09 Å². The lowest BCUT2D eigenvalue weighted by Crippen LogP contribution is -2.39. The fourth-order valence-corrected chi connectivity index (χ4v) is 7.16. The number of hydrogen-bond acceptors (Lipinski definition) is 9. The van der Waals surface area contributed by atoms with Gasteiger partial charge in [-0.05, 0) is 81.5 Å². The number of allylic oxidation sites excluding steroid dienone is 1. The van der Waals surface area contributed by atoms with Crippen LogP contribution in [-0.2, 0) is 27.2 Å². The SMILES string of the molecule is C/C=C\N(C(=O)OC(C)(C)C)[C@H](C)CCc1nc2c(-c3ccc(CO)nc3)cnn2c(N(COCC[Si](C)(C)C)COCC[Si](C)(C)C)c1Br. The number of amides is 1. The first-order chi connectivity index (χ1) is 23.3. The molecule has 0 saturated carbocycles. The monoisotopic (exact) mass is 790 g/mol. The van der Waals surface area contributed by atoms with Crippen LogP contribution in [0.1, 0.15) is 52.4 Å². The number of pyridine rings is 1. The summed E-state index contributed by atoms with van der Waals surface area (Å²) in [4.78, 5) is 26.4. The van der Waals surface area contributed by atoms with Crippen LogP contribution in [0, 0.1) is 0 Å². The standard InChI is InChI=1S/C36H59BrN6O5Si2/c1-12-17-42(35(45)48-36(3,4)5)27(2)13-16-31-32(37)34(41(25-46-18-20-49(6,7)8)26-47-19-21-50(9,10)11)43-33(40-31)30(23-39-43)28-14-15-29(24-44)38-22-28/h12,14-15,17,22-23,27,44H,13,16,18-21,24-26H2,1-11H3/b17-12-/t27-/m1/s1. The molecule has 11 nitrogen and oxygen atoms in total. The van der Waals surface area contributed by atoms with E-state index in [1.165, 1.54) is 0 Å². The molecule has 3 rings (SSSR count). The summed E-state index contributed by atoms with van der Waals surface area (Å²) in [6.45, 7) is 25.4. The molecule has 0 aliphatic heterocycles. The summed E-state index contributed by atoms with van der Waals surface area (Å²) in [7, 11) is -2.59. The Labute approximate surface area is 309 Å². The molecule has 0 aliphatic carbocycles. The van der Waals surface area contributed by atoms with E-state index in [1.807, 2.05) is 51.3 Å². The highest BCUT2D eigenvalue weighted by Crippen LogP contribution is 2.35. The molecule has 3 heterocycles. The number of nitrogens with zero attached hydrogens (tertiary/aromatic N) is 6. The fraction of sp³-hybridized carbons (Fsp3) is 0.611. The Balaban J connectivity index is 2.08. The minimum Gasteiger partial charge on any atom is -0.443 e. The first-order valence-electron chi connectivity index (χ1n) is 17.5. The van der Waals surface area contributed by atoms with Crippen LogP contribution < -0.4 is 4.90 Å². The van der Waals surface area contributed by atoms with E-state index in [0.29, 0.717) is 50.9 Å². The number of ether oxygens (including phenoxy) is 3. The normalized spacial score (nSPS) is 13.3. The summed E-state index contributed by atoms with van der Waals surface area (Å²) in [5, 5.41) is 14.4. The molecule has 0 spiro atoms. The second-order valence-corrected chi connectivity index (χ2v) is 28.2. The molecule has 0 saturated heterocycles. The summed E-state index contributed by atoms with van der Waals surface area (Å²) in [6.07, 6.45) is 7.95. The molecule has 1 amide bonds. The lowest BCUT2D eigenvalue weighted by molar-refractivity contribution is 0.0274. The van der Waals surface area contributed by atoms with E-state index in [9.17, 15) is 9.90 Å². The van der Waals surface area contributed by atoms with Crippen LogP contribution >= 0.6 is 15.9 Å². The maximum Gasteiger partial charge on any atom is 0.414 e. The third-order valence-corrected chi connectivity index (χ3v) is 12.1. The summed E-state index contributed by atoms with van der Waals surface area (Å²) >= 11 is 3.93. The summed E-state index contributed by atoms with van der Waals surface area (Å²) in [6, 6.07) is 5.67. The van der Waals surface area contributed by atoms with Gasteiger partial charge in [-0.3, -0.25) is 9.88 Å². The molecule has 50 heavy (non-hydrogen) atoms. The minimum atomic E-state index is -1.29. The Morgan fingerprint density at radius 3 is 2.16 bits per heavy atom. The molecule has 278 valence electrons. The van der Waals surface area contributed by atoms with Crippen LogP contribution in [0.25, 0.3) is 16.8 Å². The van der Waals surface area contributed by atoms with Gasteiger partial charge in [0.1, 0.15) is 19.1 Å². The topological polar surface area (TPSA) is 115 Å². The average Bonchev–Trinajstić information content (AvgIpc) is 3.43. The van der Waals surface area contributed by atoms with Gasteiger partial charge in [0.25, 0.3) is 0 Å². The highest BCUT2D eigenvalue weighted by Gasteiger charge is 2.27. The minimum absolute atomic E-state index is 0.134. The van der Waals surface area contributed by atoms with E-state index >= 15 is 0 Å². The van der Waals surface area contributed by atoms with Crippen molar-refractivity contribution in [1.29, 1.82) is 0 Å². The molecule has 0 fully saturated rings. The van der Waals surface area contributed by atoms with Crippen molar-refractivity contribution in [2.75, 3.05) is 31.6 Å². The number of carbonyl (C=O) groups is 1. The first-order valence-corrected chi connectivity index (χ1v) is 25.7. The molecule has 1 atom stereocenters. The molecular weight excluding hydrogens is 733 g/mol. The second kappa shape index (κ2) is 18.2. The van der Waals surface area contributed by atoms with Crippen molar-refractivity contribution in [3.63, 3.8) is 0 Å². The molecule has 0 radical (unpaired) electrons. The van der Waals surface area contributed by atoms with E-state index < -0.39 is 21.7 Å². The van der Waals surface area contributed by atoms with Crippen molar-refractivity contribution in [3.8, 4) is 11.1 Å². The van der Waals surface area contributed by atoms with E-state index in [-0.39, 0.29) is 18.7 Å². The van der Waals surface area contributed by atoms with Crippen LogP contribution in [0.3, 0.4) is 0 Å². The molecular formula is C36H59BrN6O5Si2. The van der Waals surface area contributed by atoms with Gasteiger partial charge in [0.15, 0.2) is 11.5 Å². The van der Waals surface area contributed by atoms with Crippen molar-refractivity contribution in [1.82, 2.24) is 24.5 Å². The molecule has 3 aromatic rings. The van der Waals surface area contributed by atoms with Gasteiger partial charge < -0.3 is 24.2 Å². The van der Waals surface area contributed by atoms with Crippen LogP contribution in [0.4, 0.5) is 10.6 Å². The van der Waals surface area contributed by atoms with Gasteiger partial charge in [0.2, 0.25) is 0 Å². The Bertz CT molecular complexity index is 1540. The number of anilines is 1. The van der Waals surface area contributed by atoms with E-state index in [0.717, 1.165) is 39.2 Å². The zero-order valence-electron chi connectivity index (χ0n) is 32.0. The van der Waals surface area contributed by atoms with Crippen LogP contribution in [0.2, 0.25) is 51.4 Å². The fourth-order valence-electron chi connectivity index (χ4n) is 4.94. The van der Waals surface area contributed by atoms with Gasteiger partial charge in [-0.2, -0.15) is 9.61 Å². The quantitative estimate of drug-likeness (QED) is 0.0769. The average molecular weight is 792 g/mol. The third-order valence-electron chi connectivity index (χ3n) is 7.91. The number of hydrogen-bond donors (Lipinski definition) is 1. The number of fused-ring (bicyclic) bond motifs is 1. The van der Waals surface area contributed by atoms with Gasteiger partial charge in [0.05, 0.1) is 28.7 Å². The number of carbonyl (C=O) groups excluding carboxylic acids is 1. The van der Waals surface area contributed by atoms with Crippen LogP contribution in [-0.4, -0.2) is 90.1 Å². The molecule has 3 aromatic heterocycles. The van der Waals surface area contributed by atoms with E-state index in [4.69, 9.17) is 24.3 Å². The Kier molecular flexibility index (Phi) is 15.2. The number of halogens is 1. The van der Waals surface area contributed by atoms with Gasteiger partial charge in [-0.1, -0.05) is 51.4 Å². The molecule has 0 aliphatic rings. The van der Waals surface area contributed by atoms with Crippen LogP contribution in [0.5, 0.6) is 0 Å².